The maximum absolute atomic E-state index is 13.8. The maximum atomic E-state index is 13.8. The zero-order valence-corrected chi connectivity index (χ0v) is 28.5. The number of hydrogen-bond donors (Lipinski definition) is 0. The van der Waals surface area contributed by atoms with Crippen molar-refractivity contribution in [3.63, 3.8) is 0 Å². The Morgan fingerprint density at radius 3 is 0.792 bits per heavy atom. The van der Waals surface area contributed by atoms with E-state index in [-0.39, 0.29) is 37.9 Å². The second kappa shape index (κ2) is 18.5. The van der Waals surface area contributed by atoms with Crippen LogP contribution in [0.1, 0.15) is 22.3 Å². The van der Waals surface area contributed by atoms with Crippen molar-refractivity contribution < 1.29 is 36.3 Å². The van der Waals surface area contributed by atoms with Gasteiger partial charge in [0.25, 0.3) is 0 Å². The van der Waals surface area contributed by atoms with Crippen LogP contribution < -0.4 is 9.05 Å². The Morgan fingerprint density at radius 2 is 0.562 bits per heavy atom. The van der Waals surface area contributed by atoms with Crippen molar-refractivity contribution in [3.8, 4) is 11.5 Å². The van der Waals surface area contributed by atoms with Crippen LogP contribution in [0, 0.1) is 0 Å². The van der Waals surface area contributed by atoms with Crippen molar-refractivity contribution in [2.75, 3.05) is 26.4 Å². The van der Waals surface area contributed by atoms with Crippen molar-refractivity contribution in [1.29, 1.82) is 0 Å². The monoisotopic (exact) mass is 686 g/mol. The summed E-state index contributed by atoms with van der Waals surface area (Å²) in [7, 11) is -8.01. The number of benzene rings is 5. The zero-order chi connectivity index (χ0) is 33.3. The predicted octanol–water partition coefficient (Wildman–Crippen LogP) is 9.70. The molecule has 5 aromatic rings. The topological polar surface area (TPSA) is 89.5 Å². The molecule has 0 atom stereocenters. The first kappa shape index (κ1) is 35.3. The number of rotatable bonds is 20. The molecule has 0 saturated heterocycles. The standard InChI is InChI=1S/C38H40O8P2/c39-47(41-29-25-33-13-5-1-6-14-33,42-30-26-34-15-7-2-8-16-34)45-37-21-23-38(24-22-37)46-48(40,43-31-27-35-17-9-3-10-18-35)44-32-28-36-19-11-4-12-20-36/h1-24H,25-32H2. The van der Waals surface area contributed by atoms with Gasteiger partial charge in [-0.05, 0) is 72.2 Å². The van der Waals surface area contributed by atoms with E-state index in [2.05, 4.69) is 0 Å². The highest BCUT2D eigenvalue weighted by Gasteiger charge is 2.31. The Morgan fingerprint density at radius 1 is 0.333 bits per heavy atom. The lowest BCUT2D eigenvalue weighted by Gasteiger charge is -2.20. The van der Waals surface area contributed by atoms with Gasteiger partial charge >= 0.3 is 15.6 Å². The predicted molar refractivity (Wildman–Crippen MR) is 187 cm³/mol. The Hall–Kier alpha value is -4.00. The number of phosphoric acid groups is 2. The Balaban J connectivity index is 1.22. The van der Waals surface area contributed by atoms with Crippen LogP contribution in [0.3, 0.4) is 0 Å². The molecule has 0 bridgehead atoms. The molecule has 0 aliphatic rings. The fourth-order valence-corrected chi connectivity index (χ4v) is 7.06. The van der Waals surface area contributed by atoms with Crippen LogP contribution >= 0.6 is 15.6 Å². The minimum absolute atomic E-state index is 0.137. The van der Waals surface area contributed by atoms with Crippen molar-refractivity contribution >= 4 is 15.6 Å². The van der Waals surface area contributed by atoms with Gasteiger partial charge in [-0.15, -0.1) is 0 Å². The summed E-state index contributed by atoms with van der Waals surface area (Å²) in [5.41, 5.74) is 4.15. The van der Waals surface area contributed by atoms with Gasteiger partial charge in [-0.1, -0.05) is 121 Å². The molecule has 8 nitrogen and oxygen atoms in total. The molecule has 10 heteroatoms. The maximum Gasteiger partial charge on any atom is 0.530 e. The lowest BCUT2D eigenvalue weighted by molar-refractivity contribution is 0.155. The third kappa shape index (κ3) is 12.2. The fraction of sp³-hybridized carbons (Fsp3) is 0.211. The summed E-state index contributed by atoms with van der Waals surface area (Å²) < 4.78 is 62.1. The van der Waals surface area contributed by atoms with Gasteiger partial charge < -0.3 is 9.05 Å². The molecule has 0 saturated carbocycles. The van der Waals surface area contributed by atoms with E-state index in [4.69, 9.17) is 27.1 Å². The van der Waals surface area contributed by atoms with E-state index in [0.29, 0.717) is 25.7 Å². The van der Waals surface area contributed by atoms with Gasteiger partial charge in [0.2, 0.25) is 0 Å². The lowest BCUT2D eigenvalue weighted by atomic mass is 10.2. The van der Waals surface area contributed by atoms with Crippen molar-refractivity contribution in [2.24, 2.45) is 0 Å². The van der Waals surface area contributed by atoms with Crippen molar-refractivity contribution in [3.05, 3.63) is 168 Å². The van der Waals surface area contributed by atoms with E-state index in [9.17, 15) is 9.13 Å². The summed E-state index contributed by atoms with van der Waals surface area (Å²) in [4.78, 5) is 0. The van der Waals surface area contributed by atoms with E-state index >= 15 is 0 Å². The quantitative estimate of drug-likeness (QED) is 0.0748. The van der Waals surface area contributed by atoms with Gasteiger partial charge in [0.1, 0.15) is 11.5 Å². The molecule has 0 aromatic heterocycles. The minimum Gasteiger partial charge on any atom is -0.404 e. The van der Waals surface area contributed by atoms with Gasteiger partial charge in [0.15, 0.2) is 0 Å². The smallest absolute Gasteiger partial charge is 0.404 e. The van der Waals surface area contributed by atoms with Crippen molar-refractivity contribution in [2.45, 2.75) is 25.7 Å². The van der Waals surface area contributed by atoms with Crippen molar-refractivity contribution in [1.82, 2.24) is 0 Å². The van der Waals surface area contributed by atoms with E-state index in [1.807, 2.05) is 121 Å². The Bertz CT molecular complexity index is 1490. The van der Waals surface area contributed by atoms with E-state index in [1.165, 1.54) is 0 Å². The summed E-state index contributed by atoms with van der Waals surface area (Å²) in [6.45, 7) is 0.546. The molecule has 0 unspecified atom stereocenters. The Kier molecular flexibility index (Phi) is 13.6. The highest BCUT2D eigenvalue weighted by Crippen LogP contribution is 2.52. The summed E-state index contributed by atoms with van der Waals surface area (Å²) in [6, 6.07) is 45.2. The van der Waals surface area contributed by atoms with Crippen LogP contribution in [0.25, 0.3) is 0 Å². The summed E-state index contributed by atoms with van der Waals surface area (Å²) >= 11 is 0. The summed E-state index contributed by atoms with van der Waals surface area (Å²) in [6.07, 6.45) is 2.14. The van der Waals surface area contributed by atoms with Crippen LogP contribution in [0.15, 0.2) is 146 Å². The second-order valence-corrected chi connectivity index (χ2v) is 14.0. The molecule has 5 rings (SSSR count). The first-order valence-corrected chi connectivity index (χ1v) is 18.8. The second-order valence-electron chi connectivity index (χ2n) is 10.8. The van der Waals surface area contributed by atoms with Crippen LogP contribution in [0.2, 0.25) is 0 Å². The number of hydrogen-bond acceptors (Lipinski definition) is 8. The molecular weight excluding hydrogens is 646 g/mol. The minimum atomic E-state index is -4.00. The molecule has 0 amide bonds. The van der Waals surface area contributed by atoms with E-state index < -0.39 is 15.6 Å². The van der Waals surface area contributed by atoms with Gasteiger partial charge in [-0.3, -0.25) is 18.1 Å². The molecule has 48 heavy (non-hydrogen) atoms. The molecule has 5 aromatic carbocycles. The molecule has 0 fully saturated rings. The fourth-order valence-electron chi connectivity index (χ4n) is 4.68. The summed E-state index contributed by atoms with van der Waals surface area (Å²) in [5.74, 6) is 0.463. The molecule has 250 valence electrons. The highest BCUT2D eigenvalue weighted by atomic mass is 31.2. The SMILES string of the molecule is O=P(OCCc1ccccc1)(OCCc1ccccc1)Oc1ccc(OP(=O)(OCCc2ccccc2)OCCc2ccccc2)cc1. The average molecular weight is 687 g/mol. The molecule has 0 N–H and O–H groups in total. The van der Waals surface area contributed by atoms with E-state index in [1.54, 1.807) is 24.3 Å². The molecule has 0 spiro atoms. The first-order chi connectivity index (χ1) is 23.5. The third-order valence-electron chi connectivity index (χ3n) is 7.19. The van der Waals surface area contributed by atoms with Crippen LogP contribution in [0.5, 0.6) is 11.5 Å². The number of phosphoric ester groups is 2. The summed E-state index contributed by atoms with van der Waals surface area (Å²) in [5, 5.41) is 0. The van der Waals surface area contributed by atoms with Crippen LogP contribution in [-0.4, -0.2) is 26.4 Å². The van der Waals surface area contributed by atoms with Gasteiger partial charge in [0.05, 0.1) is 26.4 Å². The van der Waals surface area contributed by atoms with Gasteiger partial charge in [0, 0.05) is 0 Å². The van der Waals surface area contributed by atoms with E-state index in [0.717, 1.165) is 22.3 Å². The molecule has 0 aliphatic carbocycles. The molecule has 0 heterocycles. The first-order valence-electron chi connectivity index (χ1n) is 15.9. The van der Waals surface area contributed by atoms with Gasteiger partial charge in [-0.2, -0.15) is 0 Å². The van der Waals surface area contributed by atoms with Crippen LogP contribution in [-0.2, 0) is 52.9 Å². The molecular formula is C38H40O8P2. The Labute approximate surface area is 282 Å². The lowest BCUT2D eigenvalue weighted by Crippen LogP contribution is -2.08. The molecule has 0 radical (unpaired) electrons. The zero-order valence-electron chi connectivity index (χ0n) is 26.7. The van der Waals surface area contributed by atoms with Crippen LogP contribution in [0.4, 0.5) is 0 Å². The molecule has 0 aliphatic heterocycles. The normalized spacial score (nSPS) is 11.7. The van der Waals surface area contributed by atoms with Gasteiger partial charge in [-0.25, -0.2) is 9.13 Å². The third-order valence-corrected chi connectivity index (χ3v) is 10.1. The highest BCUT2D eigenvalue weighted by molar-refractivity contribution is 7.49. The largest absolute Gasteiger partial charge is 0.530 e. The average Bonchev–Trinajstić information content (AvgIpc) is 3.11.